The summed E-state index contributed by atoms with van der Waals surface area (Å²) in [6.45, 7) is 0.692. The number of hydrogen-bond donors (Lipinski definition) is 2. The van der Waals surface area contributed by atoms with Gasteiger partial charge in [-0.25, -0.2) is 0 Å². The molecular formula is C29H24O5. The van der Waals surface area contributed by atoms with E-state index < -0.39 is 0 Å². The van der Waals surface area contributed by atoms with Gasteiger partial charge in [-0.3, -0.25) is 4.79 Å². The number of hydrogen-bond acceptors (Lipinski definition) is 5. The molecule has 0 spiro atoms. The van der Waals surface area contributed by atoms with E-state index in [-0.39, 0.29) is 17.3 Å². The molecule has 2 N–H and O–H groups in total. The van der Waals surface area contributed by atoms with Crippen molar-refractivity contribution in [1.29, 1.82) is 0 Å². The average molecular weight is 453 g/mol. The van der Waals surface area contributed by atoms with Gasteiger partial charge in [-0.15, -0.1) is 0 Å². The van der Waals surface area contributed by atoms with Crippen LogP contribution in [0.1, 0.15) is 27.0 Å². The van der Waals surface area contributed by atoms with Crippen LogP contribution in [0.3, 0.4) is 0 Å². The Morgan fingerprint density at radius 1 is 0.735 bits per heavy atom. The van der Waals surface area contributed by atoms with Gasteiger partial charge in [-0.05, 0) is 47.5 Å². The van der Waals surface area contributed by atoms with Crippen molar-refractivity contribution in [2.75, 3.05) is 0 Å². The van der Waals surface area contributed by atoms with Crippen molar-refractivity contribution in [2.24, 2.45) is 0 Å². The molecule has 0 saturated carbocycles. The molecule has 170 valence electrons. The molecule has 0 amide bonds. The van der Waals surface area contributed by atoms with E-state index in [0.29, 0.717) is 35.8 Å². The van der Waals surface area contributed by atoms with Crippen LogP contribution in [0.5, 0.6) is 23.0 Å². The predicted octanol–water partition coefficient (Wildman–Crippen LogP) is 6.15. The van der Waals surface area contributed by atoms with E-state index in [9.17, 15) is 15.0 Å². The Morgan fingerprint density at radius 3 is 2.03 bits per heavy atom. The van der Waals surface area contributed by atoms with Crippen LogP contribution in [0, 0.1) is 0 Å². The number of allylic oxidation sites excluding steroid dienone is 1. The Morgan fingerprint density at radius 2 is 1.38 bits per heavy atom. The quantitative estimate of drug-likeness (QED) is 0.235. The summed E-state index contributed by atoms with van der Waals surface area (Å²) in [5.74, 6) is 0.533. The highest BCUT2D eigenvalue weighted by atomic mass is 16.5. The normalized spacial score (nSPS) is 10.8. The van der Waals surface area contributed by atoms with Crippen molar-refractivity contribution in [3.05, 3.63) is 125 Å². The molecule has 0 heterocycles. The molecule has 4 rings (SSSR count). The van der Waals surface area contributed by atoms with Gasteiger partial charge in [-0.1, -0.05) is 60.7 Å². The smallest absolute Gasteiger partial charge is 0.189 e. The number of benzene rings is 4. The van der Waals surface area contributed by atoms with Crippen molar-refractivity contribution >= 4 is 11.9 Å². The highest BCUT2D eigenvalue weighted by molar-refractivity contribution is 6.08. The molecule has 0 aliphatic rings. The third-order valence-corrected chi connectivity index (χ3v) is 5.13. The fourth-order valence-electron chi connectivity index (χ4n) is 3.32. The highest BCUT2D eigenvalue weighted by Gasteiger charge is 2.13. The third-order valence-electron chi connectivity index (χ3n) is 5.13. The maximum atomic E-state index is 13.0. The fourth-order valence-corrected chi connectivity index (χ4v) is 3.32. The van der Waals surface area contributed by atoms with Gasteiger partial charge >= 0.3 is 0 Å². The molecular weight excluding hydrogens is 428 g/mol. The summed E-state index contributed by atoms with van der Waals surface area (Å²) in [4.78, 5) is 13.0. The third kappa shape index (κ3) is 6.04. The SMILES string of the molecule is O=C(C=Cc1ccc(O)cc1O)c1ccc(OCc2ccccc2)cc1OCc1ccccc1. The molecule has 0 atom stereocenters. The lowest BCUT2D eigenvalue weighted by Gasteiger charge is -2.13. The summed E-state index contributed by atoms with van der Waals surface area (Å²) in [7, 11) is 0. The zero-order chi connectivity index (χ0) is 23.8. The molecule has 5 nitrogen and oxygen atoms in total. The Bertz CT molecular complexity index is 1280. The minimum Gasteiger partial charge on any atom is -0.508 e. The molecule has 34 heavy (non-hydrogen) atoms. The summed E-state index contributed by atoms with van der Waals surface area (Å²) in [5, 5.41) is 19.4. The van der Waals surface area contributed by atoms with E-state index >= 15 is 0 Å². The van der Waals surface area contributed by atoms with Crippen LogP contribution in [0.25, 0.3) is 6.08 Å². The minimum atomic E-state index is -0.287. The molecule has 0 aliphatic heterocycles. The predicted molar refractivity (Wildman–Crippen MR) is 131 cm³/mol. The molecule has 0 saturated heterocycles. The second-order valence-electron chi connectivity index (χ2n) is 7.65. The summed E-state index contributed by atoms with van der Waals surface area (Å²) >= 11 is 0. The van der Waals surface area contributed by atoms with Gasteiger partial charge in [0.1, 0.15) is 36.2 Å². The second-order valence-corrected chi connectivity index (χ2v) is 7.65. The maximum absolute atomic E-state index is 13.0. The molecule has 4 aromatic carbocycles. The van der Waals surface area contributed by atoms with E-state index in [2.05, 4.69) is 0 Å². The van der Waals surface area contributed by atoms with Crippen LogP contribution in [0.15, 0.2) is 103 Å². The van der Waals surface area contributed by atoms with E-state index in [1.54, 1.807) is 18.2 Å². The number of phenolic OH excluding ortho intramolecular Hbond substituents is 2. The van der Waals surface area contributed by atoms with Gasteiger partial charge in [-0.2, -0.15) is 0 Å². The summed E-state index contributed by atoms with van der Waals surface area (Å²) in [6.07, 6.45) is 2.86. The number of ketones is 1. The van der Waals surface area contributed by atoms with Crippen LogP contribution >= 0.6 is 0 Å². The second kappa shape index (κ2) is 10.9. The van der Waals surface area contributed by atoms with Crippen molar-refractivity contribution in [3.63, 3.8) is 0 Å². The number of ether oxygens (including phenoxy) is 2. The van der Waals surface area contributed by atoms with Crippen LogP contribution < -0.4 is 9.47 Å². The van der Waals surface area contributed by atoms with Gasteiger partial charge < -0.3 is 19.7 Å². The molecule has 4 aromatic rings. The number of carbonyl (C=O) groups excluding carboxylic acids is 1. The highest BCUT2D eigenvalue weighted by Crippen LogP contribution is 2.28. The lowest BCUT2D eigenvalue weighted by Crippen LogP contribution is -2.04. The Labute approximate surface area is 198 Å². The van der Waals surface area contributed by atoms with Crippen LogP contribution in [-0.2, 0) is 13.2 Å². The summed E-state index contributed by atoms with van der Waals surface area (Å²) in [5.41, 5.74) is 2.80. The Kier molecular flexibility index (Phi) is 7.25. The molecule has 0 unspecified atom stereocenters. The molecule has 0 radical (unpaired) electrons. The average Bonchev–Trinajstić information content (AvgIpc) is 2.87. The first-order valence-electron chi connectivity index (χ1n) is 10.8. The van der Waals surface area contributed by atoms with Crippen LogP contribution in [-0.4, -0.2) is 16.0 Å². The summed E-state index contributed by atoms with van der Waals surface area (Å²) in [6, 6.07) is 28.8. The maximum Gasteiger partial charge on any atom is 0.189 e. The first kappa shape index (κ1) is 22.7. The summed E-state index contributed by atoms with van der Waals surface area (Å²) < 4.78 is 11.9. The Hall–Kier alpha value is -4.51. The lowest BCUT2D eigenvalue weighted by atomic mass is 10.1. The van der Waals surface area contributed by atoms with E-state index in [0.717, 1.165) is 11.1 Å². The molecule has 5 heteroatoms. The van der Waals surface area contributed by atoms with Gasteiger partial charge in [0.05, 0.1) is 5.56 Å². The van der Waals surface area contributed by atoms with E-state index in [4.69, 9.17) is 9.47 Å². The van der Waals surface area contributed by atoms with Crippen LogP contribution in [0.4, 0.5) is 0 Å². The van der Waals surface area contributed by atoms with Crippen molar-refractivity contribution < 1.29 is 24.5 Å². The van der Waals surface area contributed by atoms with Gasteiger partial charge in [0.25, 0.3) is 0 Å². The van der Waals surface area contributed by atoms with Crippen molar-refractivity contribution in [3.8, 4) is 23.0 Å². The lowest BCUT2D eigenvalue weighted by molar-refractivity contribution is 0.104. The zero-order valence-electron chi connectivity index (χ0n) is 18.4. The van der Waals surface area contributed by atoms with Gasteiger partial charge in [0.2, 0.25) is 0 Å². The van der Waals surface area contributed by atoms with E-state index in [1.807, 2.05) is 60.7 Å². The number of carbonyl (C=O) groups is 1. The number of rotatable bonds is 9. The zero-order valence-corrected chi connectivity index (χ0v) is 18.4. The molecule has 0 aromatic heterocycles. The van der Waals surface area contributed by atoms with E-state index in [1.165, 1.54) is 30.4 Å². The van der Waals surface area contributed by atoms with Gasteiger partial charge in [0, 0.05) is 17.7 Å². The Balaban J connectivity index is 1.56. The first-order valence-corrected chi connectivity index (χ1v) is 10.8. The van der Waals surface area contributed by atoms with Gasteiger partial charge in [0.15, 0.2) is 5.78 Å². The number of phenols is 2. The van der Waals surface area contributed by atoms with Crippen LogP contribution in [0.2, 0.25) is 0 Å². The number of aromatic hydroxyl groups is 2. The fraction of sp³-hybridized carbons (Fsp3) is 0.0690. The standard InChI is InChI=1S/C29H24O5/c30-24-13-11-23(28(32)17-24)12-16-27(31)26-15-14-25(33-19-21-7-3-1-4-8-21)18-29(26)34-20-22-9-5-2-6-10-22/h1-18,30,32H,19-20H2. The minimum absolute atomic E-state index is 0.0522. The van der Waals surface area contributed by atoms with Crippen molar-refractivity contribution in [2.45, 2.75) is 13.2 Å². The molecule has 0 fully saturated rings. The molecule has 0 aliphatic carbocycles. The molecule has 0 bridgehead atoms. The topological polar surface area (TPSA) is 76.0 Å². The largest absolute Gasteiger partial charge is 0.508 e. The first-order chi connectivity index (χ1) is 16.6. The monoisotopic (exact) mass is 452 g/mol. The van der Waals surface area contributed by atoms with Crippen molar-refractivity contribution in [1.82, 2.24) is 0 Å².